The van der Waals surface area contributed by atoms with Crippen molar-refractivity contribution in [2.24, 2.45) is 0 Å². The fourth-order valence-electron chi connectivity index (χ4n) is 2.31. The van der Waals surface area contributed by atoms with Crippen LogP contribution < -0.4 is 10.1 Å². The normalized spacial score (nSPS) is 10.5. The molecule has 0 spiro atoms. The fraction of sp³-hybridized carbons (Fsp3) is 0.350. The maximum atomic E-state index is 12.3. The number of hydrogen-bond acceptors (Lipinski definition) is 2. The van der Waals surface area contributed by atoms with Gasteiger partial charge in [0.1, 0.15) is 5.75 Å². The van der Waals surface area contributed by atoms with Gasteiger partial charge in [-0.25, -0.2) is 0 Å². The number of carbonyl (C=O) groups excluding carboxylic acids is 1. The summed E-state index contributed by atoms with van der Waals surface area (Å²) < 4.78 is 6.57. The van der Waals surface area contributed by atoms with Crippen LogP contribution in [0.4, 0.5) is 5.69 Å². The van der Waals surface area contributed by atoms with E-state index in [1.54, 1.807) is 12.1 Å². The summed E-state index contributed by atoms with van der Waals surface area (Å²) in [5, 5.41) is 2.90. The van der Waals surface area contributed by atoms with E-state index in [1.807, 2.05) is 37.3 Å². The minimum atomic E-state index is -0.131. The highest BCUT2D eigenvalue weighted by Gasteiger charge is 2.09. The largest absolute Gasteiger partial charge is 0.492 e. The lowest BCUT2D eigenvalue weighted by molar-refractivity contribution is 0.102. The van der Waals surface area contributed by atoms with Gasteiger partial charge in [-0.15, -0.1) is 0 Å². The van der Waals surface area contributed by atoms with Gasteiger partial charge in [-0.05, 0) is 59.6 Å². The lowest BCUT2D eigenvalue weighted by Gasteiger charge is -2.10. The highest BCUT2D eigenvalue weighted by molar-refractivity contribution is 9.10. The Bertz CT molecular complexity index is 668. The van der Waals surface area contributed by atoms with Crippen molar-refractivity contribution in [3.05, 3.63) is 58.1 Å². The third-order valence-corrected chi connectivity index (χ3v) is 4.38. The first kappa shape index (κ1) is 18.5. The van der Waals surface area contributed by atoms with E-state index in [1.165, 1.54) is 19.3 Å². The van der Waals surface area contributed by atoms with Crippen LogP contribution in [0.15, 0.2) is 46.9 Å². The molecule has 0 fully saturated rings. The van der Waals surface area contributed by atoms with Crippen LogP contribution in [0.2, 0.25) is 0 Å². The molecule has 0 unspecified atom stereocenters. The minimum Gasteiger partial charge on any atom is -0.492 e. The van der Waals surface area contributed by atoms with E-state index in [4.69, 9.17) is 4.74 Å². The maximum Gasteiger partial charge on any atom is 0.255 e. The zero-order valence-corrected chi connectivity index (χ0v) is 15.9. The van der Waals surface area contributed by atoms with Gasteiger partial charge in [0.2, 0.25) is 0 Å². The SMILES string of the molecule is CCCCCCOc1ccc(C(=O)Nc2ccc(C)cc2)cc1Br. The zero-order valence-electron chi connectivity index (χ0n) is 14.3. The summed E-state index contributed by atoms with van der Waals surface area (Å²) in [5.74, 6) is 0.646. The Kier molecular flexibility index (Phi) is 7.32. The van der Waals surface area contributed by atoms with Crippen LogP contribution in [0.25, 0.3) is 0 Å². The third kappa shape index (κ3) is 5.68. The molecule has 0 atom stereocenters. The molecular formula is C20H24BrNO2. The van der Waals surface area contributed by atoms with Gasteiger partial charge in [0.25, 0.3) is 5.91 Å². The van der Waals surface area contributed by atoms with E-state index in [0.29, 0.717) is 12.2 Å². The number of carbonyl (C=O) groups is 1. The quantitative estimate of drug-likeness (QED) is 0.564. The van der Waals surface area contributed by atoms with E-state index in [0.717, 1.165) is 27.9 Å². The molecule has 0 aromatic heterocycles. The first-order chi connectivity index (χ1) is 11.6. The molecule has 0 saturated heterocycles. The number of aryl methyl sites for hydroxylation is 1. The Morgan fingerprint density at radius 1 is 1.08 bits per heavy atom. The monoisotopic (exact) mass is 389 g/mol. The average molecular weight is 390 g/mol. The molecular weight excluding hydrogens is 366 g/mol. The van der Waals surface area contributed by atoms with Gasteiger partial charge in [0.15, 0.2) is 0 Å². The number of rotatable bonds is 8. The van der Waals surface area contributed by atoms with Crippen LogP contribution in [-0.2, 0) is 0 Å². The average Bonchev–Trinajstić information content (AvgIpc) is 2.58. The minimum absolute atomic E-state index is 0.131. The predicted octanol–water partition coefficient (Wildman–Crippen LogP) is 5.97. The first-order valence-corrected chi connectivity index (χ1v) is 9.20. The summed E-state index contributed by atoms with van der Waals surface area (Å²) in [4.78, 5) is 12.3. The van der Waals surface area contributed by atoms with Gasteiger partial charge < -0.3 is 10.1 Å². The van der Waals surface area contributed by atoms with E-state index in [-0.39, 0.29) is 5.91 Å². The number of anilines is 1. The number of unbranched alkanes of at least 4 members (excludes halogenated alkanes) is 3. The summed E-state index contributed by atoms with van der Waals surface area (Å²) >= 11 is 3.49. The third-order valence-electron chi connectivity index (χ3n) is 3.76. The molecule has 2 rings (SSSR count). The van der Waals surface area contributed by atoms with Crippen LogP contribution in [0.3, 0.4) is 0 Å². The Hall–Kier alpha value is -1.81. The molecule has 0 bridgehead atoms. The Morgan fingerprint density at radius 2 is 1.83 bits per heavy atom. The van der Waals surface area contributed by atoms with Crippen LogP contribution in [-0.4, -0.2) is 12.5 Å². The van der Waals surface area contributed by atoms with E-state index in [9.17, 15) is 4.79 Å². The van der Waals surface area contributed by atoms with Crippen molar-refractivity contribution < 1.29 is 9.53 Å². The zero-order chi connectivity index (χ0) is 17.4. The van der Waals surface area contributed by atoms with Crippen molar-refractivity contribution >= 4 is 27.5 Å². The number of halogens is 1. The van der Waals surface area contributed by atoms with E-state index >= 15 is 0 Å². The van der Waals surface area contributed by atoms with Gasteiger partial charge in [0.05, 0.1) is 11.1 Å². The van der Waals surface area contributed by atoms with Gasteiger partial charge >= 0.3 is 0 Å². The van der Waals surface area contributed by atoms with Crippen molar-refractivity contribution in [2.75, 3.05) is 11.9 Å². The fourth-order valence-corrected chi connectivity index (χ4v) is 2.80. The van der Waals surface area contributed by atoms with Crippen LogP contribution in [0.1, 0.15) is 48.5 Å². The molecule has 24 heavy (non-hydrogen) atoms. The molecule has 1 N–H and O–H groups in total. The van der Waals surface area contributed by atoms with E-state index < -0.39 is 0 Å². The molecule has 3 nitrogen and oxygen atoms in total. The molecule has 0 aliphatic rings. The molecule has 0 heterocycles. The van der Waals surface area contributed by atoms with Crippen molar-refractivity contribution in [3.63, 3.8) is 0 Å². The number of amides is 1. The summed E-state index contributed by atoms with van der Waals surface area (Å²) in [6, 6.07) is 13.2. The highest BCUT2D eigenvalue weighted by atomic mass is 79.9. The van der Waals surface area contributed by atoms with Gasteiger partial charge in [0, 0.05) is 11.3 Å². The van der Waals surface area contributed by atoms with Gasteiger partial charge in [-0.2, -0.15) is 0 Å². The van der Waals surface area contributed by atoms with Crippen molar-refractivity contribution in [2.45, 2.75) is 39.5 Å². The van der Waals surface area contributed by atoms with Crippen molar-refractivity contribution in [1.29, 1.82) is 0 Å². The lowest BCUT2D eigenvalue weighted by Crippen LogP contribution is -2.12. The molecule has 1 amide bonds. The van der Waals surface area contributed by atoms with Gasteiger partial charge in [-0.1, -0.05) is 43.9 Å². The smallest absolute Gasteiger partial charge is 0.255 e. The first-order valence-electron chi connectivity index (χ1n) is 8.40. The number of benzene rings is 2. The molecule has 0 aliphatic heterocycles. The van der Waals surface area contributed by atoms with E-state index in [2.05, 4.69) is 28.2 Å². The predicted molar refractivity (Wildman–Crippen MR) is 103 cm³/mol. The second kappa shape index (κ2) is 9.48. The summed E-state index contributed by atoms with van der Waals surface area (Å²) in [6.07, 6.45) is 4.69. The Morgan fingerprint density at radius 3 is 2.50 bits per heavy atom. The molecule has 128 valence electrons. The highest BCUT2D eigenvalue weighted by Crippen LogP contribution is 2.26. The van der Waals surface area contributed by atoms with Crippen LogP contribution in [0, 0.1) is 6.92 Å². The molecule has 0 aliphatic carbocycles. The summed E-state index contributed by atoms with van der Waals surface area (Å²) in [6.45, 7) is 4.91. The molecule has 0 radical (unpaired) electrons. The number of ether oxygens (including phenoxy) is 1. The second-order valence-corrected chi connectivity index (χ2v) is 6.73. The van der Waals surface area contributed by atoms with Crippen molar-refractivity contribution in [1.82, 2.24) is 0 Å². The molecule has 2 aromatic carbocycles. The Labute approximate surface area is 152 Å². The number of hydrogen-bond donors (Lipinski definition) is 1. The number of nitrogens with one attached hydrogen (secondary N) is 1. The van der Waals surface area contributed by atoms with Crippen LogP contribution in [0.5, 0.6) is 5.75 Å². The summed E-state index contributed by atoms with van der Waals surface area (Å²) in [5.41, 5.74) is 2.55. The van der Waals surface area contributed by atoms with Gasteiger partial charge in [-0.3, -0.25) is 4.79 Å². The lowest BCUT2D eigenvalue weighted by atomic mass is 10.2. The maximum absolute atomic E-state index is 12.3. The topological polar surface area (TPSA) is 38.3 Å². The molecule has 0 saturated carbocycles. The molecule has 2 aromatic rings. The Balaban J connectivity index is 1.92. The van der Waals surface area contributed by atoms with Crippen molar-refractivity contribution in [3.8, 4) is 5.75 Å². The van der Waals surface area contributed by atoms with Crippen LogP contribution >= 0.6 is 15.9 Å². The summed E-state index contributed by atoms with van der Waals surface area (Å²) in [7, 11) is 0. The second-order valence-electron chi connectivity index (χ2n) is 5.87. The standard InChI is InChI=1S/C20H24BrNO2/c1-3-4-5-6-13-24-19-12-9-16(14-18(19)21)20(23)22-17-10-7-15(2)8-11-17/h7-12,14H,3-6,13H2,1-2H3,(H,22,23). The molecule has 4 heteroatoms.